The van der Waals surface area contributed by atoms with E-state index in [1.807, 2.05) is 26.0 Å². The summed E-state index contributed by atoms with van der Waals surface area (Å²) in [5, 5.41) is 16.9. The second-order valence-corrected chi connectivity index (χ2v) is 6.06. The van der Waals surface area contributed by atoms with Crippen LogP contribution < -0.4 is 10.6 Å². The maximum absolute atomic E-state index is 12.5. The molecule has 128 valence electrons. The van der Waals surface area contributed by atoms with Gasteiger partial charge in [-0.25, -0.2) is 0 Å². The molecule has 8 heteroatoms. The maximum atomic E-state index is 12.5. The molecule has 0 aliphatic carbocycles. The Balaban J connectivity index is 2.15. The number of benzene rings is 1. The molecule has 0 saturated heterocycles. The van der Waals surface area contributed by atoms with Crippen molar-refractivity contribution < 1.29 is 9.59 Å². The molecule has 0 saturated carbocycles. The third-order valence-corrected chi connectivity index (χ3v) is 3.38. The predicted molar refractivity (Wildman–Crippen MR) is 89.6 cm³/mol. The van der Waals surface area contributed by atoms with Gasteiger partial charge in [0.2, 0.25) is 11.8 Å². The van der Waals surface area contributed by atoms with Crippen LogP contribution in [0.5, 0.6) is 0 Å². The predicted octanol–water partition coefficient (Wildman–Crippen LogP) is 1.46. The molecule has 2 aromatic rings. The van der Waals surface area contributed by atoms with Crippen molar-refractivity contribution in [2.24, 2.45) is 5.92 Å². The lowest BCUT2D eigenvalue weighted by Gasteiger charge is -2.19. The van der Waals surface area contributed by atoms with Gasteiger partial charge in [-0.2, -0.15) is 4.68 Å². The standard InChI is InChI=1S/C16H22N6O2/c1-10(2)8-15(17-12(4)23)16(24)18-13-6-5-7-14(9-13)22-11(3)19-20-21-22/h5-7,9-10,15H,8H2,1-4H3,(H,17,23)(H,18,24)/t15-/m0/s1. The number of nitrogens with zero attached hydrogens (tertiary/aromatic N) is 4. The highest BCUT2D eigenvalue weighted by atomic mass is 16.2. The monoisotopic (exact) mass is 330 g/mol. The summed E-state index contributed by atoms with van der Waals surface area (Å²) in [5.74, 6) is 0.454. The van der Waals surface area contributed by atoms with Crippen molar-refractivity contribution in [2.75, 3.05) is 5.32 Å². The van der Waals surface area contributed by atoms with Gasteiger partial charge in [0.1, 0.15) is 6.04 Å². The average Bonchev–Trinajstić information content (AvgIpc) is 2.92. The molecule has 2 amide bonds. The molecule has 0 aliphatic heterocycles. The summed E-state index contributed by atoms with van der Waals surface area (Å²) in [4.78, 5) is 23.8. The van der Waals surface area contributed by atoms with Gasteiger partial charge >= 0.3 is 0 Å². The first kappa shape index (κ1) is 17.6. The minimum Gasteiger partial charge on any atom is -0.345 e. The van der Waals surface area contributed by atoms with Gasteiger partial charge < -0.3 is 10.6 Å². The summed E-state index contributed by atoms with van der Waals surface area (Å²) in [5.41, 5.74) is 1.36. The van der Waals surface area contributed by atoms with Crippen molar-refractivity contribution in [2.45, 2.75) is 40.2 Å². The summed E-state index contributed by atoms with van der Waals surface area (Å²) in [7, 11) is 0. The molecule has 0 radical (unpaired) electrons. The first-order chi connectivity index (χ1) is 11.4. The van der Waals surface area contributed by atoms with E-state index in [2.05, 4.69) is 26.2 Å². The topological polar surface area (TPSA) is 102 Å². The number of aryl methyl sites for hydroxylation is 1. The fourth-order valence-electron chi connectivity index (χ4n) is 2.36. The lowest BCUT2D eigenvalue weighted by Crippen LogP contribution is -2.43. The normalized spacial score (nSPS) is 12.0. The van der Waals surface area contributed by atoms with Crippen molar-refractivity contribution in [3.8, 4) is 5.69 Å². The first-order valence-electron chi connectivity index (χ1n) is 7.80. The number of carbonyl (C=O) groups is 2. The number of rotatable bonds is 6. The molecule has 1 atom stereocenters. The van der Waals surface area contributed by atoms with E-state index >= 15 is 0 Å². The molecule has 1 aromatic carbocycles. The molecule has 0 spiro atoms. The van der Waals surface area contributed by atoms with E-state index in [1.165, 1.54) is 6.92 Å². The lowest BCUT2D eigenvalue weighted by molar-refractivity contribution is -0.125. The Hall–Kier alpha value is -2.77. The summed E-state index contributed by atoms with van der Waals surface area (Å²) >= 11 is 0. The van der Waals surface area contributed by atoms with Gasteiger partial charge in [-0.1, -0.05) is 19.9 Å². The van der Waals surface area contributed by atoms with E-state index in [-0.39, 0.29) is 17.7 Å². The van der Waals surface area contributed by atoms with E-state index in [9.17, 15) is 9.59 Å². The minimum atomic E-state index is -0.569. The Morgan fingerprint density at radius 1 is 1.29 bits per heavy atom. The number of hydrogen-bond donors (Lipinski definition) is 2. The quantitative estimate of drug-likeness (QED) is 0.835. The maximum Gasteiger partial charge on any atom is 0.246 e. The third-order valence-electron chi connectivity index (χ3n) is 3.38. The number of aromatic nitrogens is 4. The molecule has 24 heavy (non-hydrogen) atoms. The summed E-state index contributed by atoms with van der Waals surface area (Å²) in [6.45, 7) is 7.20. The molecule has 0 bridgehead atoms. The zero-order valence-corrected chi connectivity index (χ0v) is 14.3. The molecule has 0 aliphatic rings. The van der Waals surface area contributed by atoms with Gasteiger partial charge in [0.25, 0.3) is 0 Å². The van der Waals surface area contributed by atoms with Crippen LogP contribution >= 0.6 is 0 Å². The van der Waals surface area contributed by atoms with Crippen LogP contribution in [0.3, 0.4) is 0 Å². The van der Waals surface area contributed by atoms with Crippen LogP contribution in [0.25, 0.3) is 5.69 Å². The Kier molecular flexibility index (Phi) is 5.62. The molecule has 8 nitrogen and oxygen atoms in total. The Bertz CT molecular complexity index is 725. The zero-order valence-electron chi connectivity index (χ0n) is 14.3. The highest BCUT2D eigenvalue weighted by Gasteiger charge is 2.21. The van der Waals surface area contributed by atoms with E-state index in [1.54, 1.807) is 23.7 Å². The van der Waals surface area contributed by atoms with Gasteiger partial charge in [0, 0.05) is 12.6 Å². The number of nitrogens with one attached hydrogen (secondary N) is 2. The van der Waals surface area contributed by atoms with Crippen LogP contribution in [0.15, 0.2) is 24.3 Å². The van der Waals surface area contributed by atoms with Crippen molar-refractivity contribution in [3.63, 3.8) is 0 Å². The van der Waals surface area contributed by atoms with Crippen LogP contribution in [0.1, 0.15) is 33.0 Å². The number of anilines is 1. The van der Waals surface area contributed by atoms with Crippen LogP contribution in [0.4, 0.5) is 5.69 Å². The van der Waals surface area contributed by atoms with E-state index in [0.29, 0.717) is 17.9 Å². The Morgan fingerprint density at radius 3 is 2.62 bits per heavy atom. The zero-order chi connectivity index (χ0) is 17.7. The molecule has 1 heterocycles. The molecule has 0 fully saturated rings. The van der Waals surface area contributed by atoms with Crippen LogP contribution in [0.2, 0.25) is 0 Å². The van der Waals surface area contributed by atoms with Crippen molar-refractivity contribution in [1.82, 2.24) is 25.5 Å². The largest absolute Gasteiger partial charge is 0.345 e. The van der Waals surface area contributed by atoms with Gasteiger partial charge in [0.15, 0.2) is 5.82 Å². The van der Waals surface area contributed by atoms with Gasteiger partial charge in [-0.3, -0.25) is 9.59 Å². The number of carbonyl (C=O) groups excluding carboxylic acids is 2. The van der Waals surface area contributed by atoms with Crippen molar-refractivity contribution in [3.05, 3.63) is 30.1 Å². The van der Waals surface area contributed by atoms with E-state index < -0.39 is 6.04 Å². The second kappa shape index (κ2) is 7.67. The second-order valence-electron chi connectivity index (χ2n) is 6.06. The molecular weight excluding hydrogens is 308 g/mol. The summed E-state index contributed by atoms with van der Waals surface area (Å²) < 4.78 is 1.58. The minimum absolute atomic E-state index is 0.228. The SMILES string of the molecule is CC(=O)N[C@@H](CC(C)C)C(=O)Nc1cccc(-n2nnnc2C)c1. The number of tetrazole rings is 1. The van der Waals surface area contributed by atoms with E-state index in [0.717, 1.165) is 5.69 Å². The smallest absolute Gasteiger partial charge is 0.246 e. The molecular formula is C16H22N6O2. The summed E-state index contributed by atoms with van der Waals surface area (Å²) in [6, 6.07) is 6.64. The van der Waals surface area contributed by atoms with Crippen LogP contribution in [-0.2, 0) is 9.59 Å². The van der Waals surface area contributed by atoms with Crippen LogP contribution in [0, 0.1) is 12.8 Å². The highest BCUT2D eigenvalue weighted by Crippen LogP contribution is 2.16. The summed E-state index contributed by atoms with van der Waals surface area (Å²) in [6.07, 6.45) is 0.567. The van der Waals surface area contributed by atoms with Gasteiger partial charge in [-0.15, -0.1) is 5.10 Å². The highest BCUT2D eigenvalue weighted by molar-refractivity contribution is 5.97. The van der Waals surface area contributed by atoms with Crippen molar-refractivity contribution in [1.29, 1.82) is 0 Å². The fraction of sp³-hybridized carbons (Fsp3) is 0.438. The fourth-order valence-corrected chi connectivity index (χ4v) is 2.36. The molecule has 2 rings (SSSR count). The molecule has 2 N–H and O–H groups in total. The Labute approximate surface area is 140 Å². The Morgan fingerprint density at radius 2 is 2.04 bits per heavy atom. The van der Waals surface area contributed by atoms with Crippen molar-refractivity contribution >= 4 is 17.5 Å². The molecule has 0 unspecified atom stereocenters. The lowest BCUT2D eigenvalue weighted by atomic mass is 10.0. The van der Waals surface area contributed by atoms with Gasteiger partial charge in [0.05, 0.1) is 5.69 Å². The van der Waals surface area contributed by atoms with E-state index in [4.69, 9.17) is 0 Å². The van der Waals surface area contributed by atoms with Crippen LogP contribution in [-0.4, -0.2) is 38.1 Å². The van der Waals surface area contributed by atoms with Gasteiger partial charge in [-0.05, 0) is 47.9 Å². The average molecular weight is 330 g/mol. The number of amides is 2. The molecule has 1 aromatic heterocycles. The first-order valence-corrected chi connectivity index (χ1v) is 7.80. The third kappa shape index (κ3) is 4.61. The number of hydrogen-bond acceptors (Lipinski definition) is 5.